The highest BCUT2D eigenvalue weighted by Gasteiger charge is 2.16. The molecule has 0 spiro atoms. The van der Waals surface area contributed by atoms with Crippen LogP contribution in [0.1, 0.15) is 23.1 Å². The minimum absolute atomic E-state index is 0.536. The predicted molar refractivity (Wildman–Crippen MR) is 95.9 cm³/mol. The van der Waals surface area contributed by atoms with Gasteiger partial charge in [0.25, 0.3) is 5.78 Å². The Bertz CT molecular complexity index is 920. The number of nitrogens with two attached hydrogens (primary N) is 1. The molecular formula is C18H20N6. The van der Waals surface area contributed by atoms with Crippen LogP contribution in [-0.4, -0.2) is 32.7 Å². The summed E-state index contributed by atoms with van der Waals surface area (Å²) in [6.45, 7) is 6.02. The molecule has 2 aromatic heterocycles. The quantitative estimate of drug-likeness (QED) is 0.786. The van der Waals surface area contributed by atoms with Gasteiger partial charge in [0.2, 0.25) is 0 Å². The van der Waals surface area contributed by atoms with Crippen LogP contribution < -0.4 is 10.6 Å². The smallest absolute Gasteiger partial charge is 0.256 e. The van der Waals surface area contributed by atoms with Crippen molar-refractivity contribution in [2.24, 2.45) is 0 Å². The van der Waals surface area contributed by atoms with Gasteiger partial charge in [-0.05, 0) is 31.4 Å². The lowest BCUT2D eigenvalue weighted by Crippen LogP contribution is -2.29. The fourth-order valence-corrected chi connectivity index (χ4v) is 3.28. The normalized spacial score (nSPS) is 14.9. The number of rotatable bonds is 2. The van der Waals surface area contributed by atoms with Crippen molar-refractivity contribution in [3.05, 3.63) is 53.4 Å². The van der Waals surface area contributed by atoms with Gasteiger partial charge in [0.15, 0.2) is 0 Å². The highest BCUT2D eigenvalue weighted by Crippen LogP contribution is 2.27. The molecule has 2 N–H and O–H groups in total. The van der Waals surface area contributed by atoms with Crippen LogP contribution >= 0.6 is 0 Å². The maximum absolute atomic E-state index is 6.04. The highest BCUT2D eigenvalue weighted by atomic mass is 15.4. The molecule has 0 amide bonds. The summed E-state index contributed by atoms with van der Waals surface area (Å²) in [5.74, 6) is 1.94. The molecule has 0 bridgehead atoms. The van der Waals surface area contributed by atoms with Crippen molar-refractivity contribution in [1.29, 1.82) is 0 Å². The van der Waals surface area contributed by atoms with Crippen molar-refractivity contribution in [3.8, 4) is 0 Å². The standard InChI is InChI=1S/C18H20N6/c1-12-7-13(2)9-15(8-12)14-3-5-23(6-4-14)17-10-16(19)24-18(22-17)20-11-21-24/h3,7-11H,4-6,19H2,1-2H3. The number of nitrogens with zero attached hydrogens (tertiary/aromatic N) is 5. The van der Waals surface area contributed by atoms with Crippen molar-refractivity contribution in [1.82, 2.24) is 19.6 Å². The largest absolute Gasteiger partial charge is 0.383 e. The molecule has 122 valence electrons. The molecular weight excluding hydrogens is 300 g/mol. The summed E-state index contributed by atoms with van der Waals surface area (Å²) in [4.78, 5) is 10.9. The number of aromatic nitrogens is 4. The molecule has 4 rings (SSSR count). The Hall–Kier alpha value is -2.89. The fraction of sp³-hybridized carbons (Fsp3) is 0.278. The zero-order valence-electron chi connectivity index (χ0n) is 13.9. The van der Waals surface area contributed by atoms with E-state index in [0.717, 1.165) is 25.3 Å². The van der Waals surface area contributed by atoms with Crippen LogP contribution in [0.15, 0.2) is 36.7 Å². The predicted octanol–water partition coefficient (Wildman–Crippen LogP) is 2.62. The Labute approximate surface area is 140 Å². The topological polar surface area (TPSA) is 72.3 Å². The Morgan fingerprint density at radius 3 is 2.58 bits per heavy atom. The molecule has 0 atom stereocenters. The maximum Gasteiger partial charge on any atom is 0.256 e. The first-order valence-electron chi connectivity index (χ1n) is 8.09. The molecule has 6 nitrogen and oxygen atoms in total. The van der Waals surface area contributed by atoms with Crippen LogP contribution in [0.5, 0.6) is 0 Å². The molecule has 0 fully saturated rings. The lowest BCUT2D eigenvalue weighted by Gasteiger charge is -2.28. The molecule has 0 radical (unpaired) electrons. The summed E-state index contributed by atoms with van der Waals surface area (Å²) in [6, 6.07) is 8.58. The Morgan fingerprint density at radius 2 is 1.88 bits per heavy atom. The summed E-state index contributed by atoms with van der Waals surface area (Å²) in [5.41, 5.74) is 11.4. The van der Waals surface area contributed by atoms with Gasteiger partial charge in [-0.25, -0.2) is 0 Å². The Morgan fingerprint density at radius 1 is 1.08 bits per heavy atom. The minimum Gasteiger partial charge on any atom is -0.383 e. The average molecular weight is 320 g/mol. The first kappa shape index (κ1) is 14.7. The van der Waals surface area contributed by atoms with E-state index >= 15 is 0 Å². The van der Waals surface area contributed by atoms with E-state index in [1.54, 1.807) is 4.52 Å². The molecule has 6 heteroatoms. The van der Waals surface area contributed by atoms with Crippen LogP contribution in [0.4, 0.5) is 11.6 Å². The van der Waals surface area contributed by atoms with E-state index in [-0.39, 0.29) is 0 Å². The van der Waals surface area contributed by atoms with E-state index in [2.05, 4.69) is 58.1 Å². The SMILES string of the molecule is Cc1cc(C)cc(C2=CCN(c3cc(N)n4ncnc4n3)CC2)c1. The van der Waals surface area contributed by atoms with Crippen molar-refractivity contribution in [2.45, 2.75) is 20.3 Å². The van der Waals surface area contributed by atoms with Crippen LogP contribution in [0, 0.1) is 13.8 Å². The lowest BCUT2D eigenvalue weighted by molar-refractivity contribution is 0.811. The molecule has 0 saturated heterocycles. The number of benzene rings is 1. The van der Waals surface area contributed by atoms with Gasteiger partial charge in [0, 0.05) is 19.2 Å². The third-order valence-electron chi connectivity index (χ3n) is 4.39. The summed E-state index contributed by atoms with van der Waals surface area (Å²) in [7, 11) is 0. The molecule has 1 aromatic carbocycles. The minimum atomic E-state index is 0.536. The monoisotopic (exact) mass is 320 g/mol. The number of hydrogen-bond donors (Lipinski definition) is 1. The first-order chi connectivity index (χ1) is 11.6. The van der Waals surface area contributed by atoms with Gasteiger partial charge in [-0.15, -0.1) is 0 Å². The van der Waals surface area contributed by atoms with Gasteiger partial charge < -0.3 is 10.6 Å². The van der Waals surface area contributed by atoms with E-state index in [1.165, 1.54) is 28.6 Å². The molecule has 0 aliphatic carbocycles. The highest BCUT2D eigenvalue weighted by molar-refractivity contribution is 5.69. The van der Waals surface area contributed by atoms with Crippen molar-refractivity contribution < 1.29 is 0 Å². The molecule has 1 aliphatic rings. The van der Waals surface area contributed by atoms with Crippen molar-refractivity contribution in [3.63, 3.8) is 0 Å². The molecule has 0 saturated carbocycles. The van der Waals surface area contributed by atoms with Gasteiger partial charge in [-0.2, -0.15) is 19.6 Å². The van der Waals surface area contributed by atoms with Crippen LogP contribution in [-0.2, 0) is 0 Å². The van der Waals surface area contributed by atoms with Gasteiger partial charge in [-0.1, -0.05) is 35.4 Å². The van der Waals surface area contributed by atoms with E-state index in [9.17, 15) is 0 Å². The molecule has 24 heavy (non-hydrogen) atoms. The number of hydrogen-bond acceptors (Lipinski definition) is 5. The van der Waals surface area contributed by atoms with Crippen LogP contribution in [0.25, 0.3) is 11.4 Å². The van der Waals surface area contributed by atoms with E-state index < -0.39 is 0 Å². The first-order valence-corrected chi connectivity index (χ1v) is 8.09. The number of aryl methyl sites for hydroxylation is 2. The Kier molecular flexibility index (Phi) is 3.45. The molecule has 1 aliphatic heterocycles. The molecule has 3 heterocycles. The number of anilines is 2. The van der Waals surface area contributed by atoms with Gasteiger partial charge >= 0.3 is 0 Å². The van der Waals surface area contributed by atoms with Gasteiger partial charge in [0.05, 0.1) is 0 Å². The number of fused-ring (bicyclic) bond motifs is 1. The molecule has 0 unspecified atom stereocenters. The summed E-state index contributed by atoms with van der Waals surface area (Å²) in [5, 5.41) is 4.06. The summed E-state index contributed by atoms with van der Waals surface area (Å²) < 4.78 is 1.55. The van der Waals surface area contributed by atoms with Gasteiger partial charge in [0.1, 0.15) is 18.0 Å². The zero-order chi connectivity index (χ0) is 16.7. The van der Waals surface area contributed by atoms with E-state index in [4.69, 9.17) is 5.73 Å². The Balaban J connectivity index is 1.61. The maximum atomic E-state index is 6.04. The summed E-state index contributed by atoms with van der Waals surface area (Å²) in [6.07, 6.45) is 4.74. The molecule has 3 aromatic rings. The van der Waals surface area contributed by atoms with E-state index in [0.29, 0.717) is 11.6 Å². The van der Waals surface area contributed by atoms with Crippen molar-refractivity contribution >= 4 is 23.0 Å². The zero-order valence-corrected chi connectivity index (χ0v) is 13.9. The fourth-order valence-electron chi connectivity index (χ4n) is 3.28. The second kappa shape index (κ2) is 5.63. The summed E-state index contributed by atoms with van der Waals surface area (Å²) >= 11 is 0. The van der Waals surface area contributed by atoms with Crippen LogP contribution in [0.2, 0.25) is 0 Å². The average Bonchev–Trinajstić information content (AvgIpc) is 3.03. The lowest BCUT2D eigenvalue weighted by atomic mass is 9.96. The van der Waals surface area contributed by atoms with Crippen molar-refractivity contribution in [2.75, 3.05) is 23.7 Å². The second-order valence-electron chi connectivity index (χ2n) is 6.31. The number of nitrogen functional groups attached to an aromatic ring is 1. The van der Waals surface area contributed by atoms with Crippen LogP contribution in [0.3, 0.4) is 0 Å². The second-order valence-corrected chi connectivity index (χ2v) is 6.31. The van der Waals surface area contributed by atoms with E-state index in [1.807, 2.05) is 6.07 Å². The third-order valence-corrected chi connectivity index (χ3v) is 4.39. The van der Waals surface area contributed by atoms with Gasteiger partial charge in [-0.3, -0.25) is 0 Å². The third kappa shape index (κ3) is 2.60.